The second-order valence-electron chi connectivity index (χ2n) is 2.80. The van der Waals surface area contributed by atoms with Gasteiger partial charge in [0, 0.05) is 5.57 Å². The molecule has 70 valence electrons. The minimum absolute atomic E-state index is 0.222. The van der Waals surface area contributed by atoms with E-state index in [2.05, 4.69) is 0 Å². The van der Waals surface area contributed by atoms with E-state index in [4.69, 9.17) is 5.73 Å². The third-order valence-electron chi connectivity index (χ3n) is 1.70. The number of carbonyl (C=O) groups is 1. The Hall–Kier alpha value is -0.870. The highest BCUT2D eigenvalue weighted by molar-refractivity contribution is 5.92. The van der Waals surface area contributed by atoms with Gasteiger partial charge in [-0.1, -0.05) is 0 Å². The van der Waals surface area contributed by atoms with Gasteiger partial charge >= 0.3 is 0 Å². The predicted octanol–water partition coefficient (Wildman–Crippen LogP) is -0.450. The van der Waals surface area contributed by atoms with Gasteiger partial charge < -0.3 is 15.9 Å². The van der Waals surface area contributed by atoms with E-state index in [1.165, 1.54) is 20.8 Å². The number of nitrogens with two attached hydrogens (primary N) is 1. The summed E-state index contributed by atoms with van der Waals surface area (Å²) in [5.74, 6) is -0.619. The predicted molar refractivity (Wildman–Crippen MR) is 45.3 cm³/mol. The highest BCUT2D eigenvalue weighted by atomic mass is 16.3. The van der Waals surface area contributed by atoms with Crippen LogP contribution in [0.5, 0.6) is 0 Å². The van der Waals surface area contributed by atoms with Crippen LogP contribution in [0.1, 0.15) is 20.8 Å². The van der Waals surface area contributed by atoms with Crippen molar-refractivity contribution in [2.75, 3.05) is 0 Å². The first-order chi connectivity index (χ1) is 5.37. The molecule has 0 aliphatic heterocycles. The van der Waals surface area contributed by atoms with Crippen LogP contribution in [-0.2, 0) is 4.79 Å². The summed E-state index contributed by atoms with van der Waals surface area (Å²) in [6.45, 7) is 4.44. The zero-order valence-corrected chi connectivity index (χ0v) is 7.53. The Morgan fingerprint density at radius 3 is 1.67 bits per heavy atom. The highest BCUT2D eigenvalue weighted by Gasteiger charge is 2.16. The van der Waals surface area contributed by atoms with Gasteiger partial charge in [-0.25, -0.2) is 0 Å². The summed E-state index contributed by atoms with van der Waals surface area (Å²) >= 11 is 0. The number of aliphatic hydroxyl groups excluding tert-OH is 2. The summed E-state index contributed by atoms with van der Waals surface area (Å²) < 4.78 is 0. The van der Waals surface area contributed by atoms with Gasteiger partial charge in [0.15, 0.2) is 0 Å². The molecule has 12 heavy (non-hydrogen) atoms. The Morgan fingerprint density at radius 1 is 1.25 bits per heavy atom. The number of primary amides is 1. The van der Waals surface area contributed by atoms with Crippen molar-refractivity contribution in [3.8, 4) is 0 Å². The largest absolute Gasteiger partial charge is 0.389 e. The maximum Gasteiger partial charge on any atom is 0.244 e. The van der Waals surface area contributed by atoms with Crippen molar-refractivity contribution in [3.63, 3.8) is 0 Å². The topological polar surface area (TPSA) is 83.6 Å². The van der Waals surface area contributed by atoms with Crippen LogP contribution in [0, 0.1) is 0 Å². The summed E-state index contributed by atoms with van der Waals surface area (Å²) in [6, 6.07) is 0. The van der Waals surface area contributed by atoms with Gasteiger partial charge in [0.05, 0.1) is 12.2 Å². The summed E-state index contributed by atoms with van der Waals surface area (Å²) in [7, 11) is 0. The molecular formula is C8H15NO3. The maximum atomic E-state index is 10.7. The standard InChI is InChI=1S/C8H15NO3/c1-4(8(9)12)7(5(2)10)6(3)11/h5-6,10-11H,1-3H3,(H2,9,12). The van der Waals surface area contributed by atoms with Crippen molar-refractivity contribution in [1.29, 1.82) is 0 Å². The zero-order chi connectivity index (χ0) is 9.89. The van der Waals surface area contributed by atoms with Crippen molar-refractivity contribution >= 4 is 5.91 Å². The molecule has 0 bridgehead atoms. The fraction of sp³-hybridized carbons (Fsp3) is 0.625. The van der Waals surface area contributed by atoms with Gasteiger partial charge in [0.1, 0.15) is 0 Å². The van der Waals surface area contributed by atoms with Crippen LogP contribution in [-0.4, -0.2) is 28.3 Å². The van der Waals surface area contributed by atoms with Gasteiger partial charge in [-0.3, -0.25) is 4.79 Å². The molecule has 2 atom stereocenters. The Bertz CT molecular complexity index is 196. The molecule has 0 aromatic heterocycles. The second-order valence-corrected chi connectivity index (χ2v) is 2.80. The minimum Gasteiger partial charge on any atom is -0.389 e. The molecule has 1 amide bonds. The van der Waals surface area contributed by atoms with Crippen LogP contribution >= 0.6 is 0 Å². The normalized spacial score (nSPS) is 15.1. The highest BCUT2D eigenvalue weighted by Crippen LogP contribution is 2.13. The smallest absolute Gasteiger partial charge is 0.244 e. The Labute approximate surface area is 71.7 Å². The molecule has 0 saturated carbocycles. The monoisotopic (exact) mass is 173 g/mol. The first-order valence-electron chi connectivity index (χ1n) is 3.74. The van der Waals surface area contributed by atoms with Crippen molar-refractivity contribution in [1.82, 2.24) is 0 Å². The number of carbonyl (C=O) groups excluding carboxylic acids is 1. The number of aliphatic hydroxyl groups is 2. The van der Waals surface area contributed by atoms with Crippen molar-refractivity contribution in [3.05, 3.63) is 11.1 Å². The van der Waals surface area contributed by atoms with E-state index in [1.54, 1.807) is 0 Å². The van der Waals surface area contributed by atoms with Crippen molar-refractivity contribution in [2.24, 2.45) is 5.73 Å². The van der Waals surface area contributed by atoms with Crippen LogP contribution in [0.2, 0.25) is 0 Å². The van der Waals surface area contributed by atoms with Crippen LogP contribution < -0.4 is 5.73 Å². The van der Waals surface area contributed by atoms with Crippen LogP contribution in [0.15, 0.2) is 11.1 Å². The Morgan fingerprint density at radius 2 is 1.58 bits per heavy atom. The average molecular weight is 173 g/mol. The molecular weight excluding hydrogens is 158 g/mol. The molecule has 2 unspecified atom stereocenters. The number of hydrogen-bond acceptors (Lipinski definition) is 3. The van der Waals surface area contributed by atoms with E-state index >= 15 is 0 Å². The number of amides is 1. The minimum atomic E-state index is -0.850. The van der Waals surface area contributed by atoms with Crippen LogP contribution in [0.4, 0.5) is 0 Å². The summed E-state index contributed by atoms with van der Waals surface area (Å²) in [5, 5.41) is 18.4. The lowest BCUT2D eigenvalue weighted by Gasteiger charge is -2.15. The summed E-state index contributed by atoms with van der Waals surface area (Å²) in [5.41, 5.74) is 5.50. The van der Waals surface area contributed by atoms with Gasteiger partial charge in [0.2, 0.25) is 5.91 Å². The average Bonchev–Trinajstić information content (AvgIpc) is 1.85. The lowest BCUT2D eigenvalue weighted by Crippen LogP contribution is -2.24. The molecule has 0 fully saturated rings. The summed E-state index contributed by atoms with van der Waals surface area (Å²) in [4.78, 5) is 10.7. The fourth-order valence-corrected chi connectivity index (χ4v) is 1.12. The second kappa shape index (κ2) is 4.23. The molecule has 0 rings (SSSR count). The maximum absolute atomic E-state index is 10.7. The third-order valence-corrected chi connectivity index (χ3v) is 1.70. The fourth-order valence-electron chi connectivity index (χ4n) is 1.12. The molecule has 0 radical (unpaired) electrons. The SMILES string of the molecule is CC(C(N)=O)=C(C(C)O)C(C)O. The van der Waals surface area contributed by atoms with E-state index in [0.29, 0.717) is 0 Å². The van der Waals surface area contributed by atoms with Crippen molar-refractivity contribution < 1.29 is 15.0 Å². The molecule has 0 aromatic carbocycles. The molecule has 0 aliphatic carbocycles. The Kier molecular flexibility index (Phi) is 3.92. The molecule has 4 heteroatoms. The number of hydrogen-bond donors (Lipinski definition) is 3. The molecule has 0 heterocycles. The van der Waals surface area contributed by atoms with Gasteiger partial charge in [0.25, 0.3) is 0 Å². The Balaban J connectivity index is 4.94. The first kappa shape index (κ1) is 11.1. The lowest BCUT2D eigenvalue weighted by molar-refractivity contribution is -0.114. The van der Waals surface area contributed by atoms with E-state index in [0.717, 1.165) is 0 Å². The van der Waals surface area contributed by atoms with Crippen LogP contribution in [0.3, 0.4) is 0 Å². The van der Waals surface area contributed by atoms with Gasteiger partial charge in [-0.15, -0.1) is 0 Å². The molecule has 4 N–H and O–H groups in total. The lowest BCUT2D eigenvalue weighted by atomic mass is 10.00. The van der Waals surface area contributed by atoms with Gasteiger partial charge in [-0.05, 0) is 26.3 Å². The first-order valence-corrected chi connectivity index (χ1v) is 3.74. The third kappa shape index (κ3) is 2.64. The molecule has 0 saturated heterocycles. The zero-order valence-electron chi connectivity index (χ0n) is 7.53. The quantitative estimate of drug-likeness (QED) is 0.505. The van der Waals surface area contributed by atoms with E-state index in [-0.39, 0.29) is 11.1 Å². The van der Waals surface area contributed by atoms with E-state index in [9.17, 15) is 15.0 Å². The molecule has 0 spiro atoms. The van der Waals surface area contributed by atoms with Crippen LogP contribution in [0.25, 0.3) is 0 Å². The number of rotatable bonds is 3. The van der Waals surface area contributed by atoms with E-state index in [1.807, 2.05) is 0 Å². The van der Waals surface area contributed by atoms with Gasteiger partial charge in [-0.2, -0.15) is 0 Å². The van der Waals surface area contributed by atoms with Crippen molar-refractivity contribution in [2.45, 2.75) is 33.0 Å². The molecule has 4 nitrogen and oxygen atoms in total. The molecule has 0 aromatic rings. The summed E-state index contributed by atoms with van der Waals surface area (Å²) in [6.07, 6.45) is -1.70. The van der Waals surface area contributed by atoms with E-state index < -0.39 is 18.1 Å². The molecule has 0 aliphatic rings.